The standard InChI is InChI=1S/C25H23N5O3S/c1-15-9-16(10-19-17(15)11-23(32)34-19)33-22-12-20(27-14-28-22)30-7-4-25(5-8-30)13-21(31)29-24-18(25)3-2-6-26-24/h2-3,6,9-10,12,14H,4-5,7-8,11,13H2,1H3,(H,26,29,31). The van der Waals surface area contributed by atoms with Crippen molar-refractivity contribution in [3.05, 3.63) is 59.5 Å². The van der Waals surface area contributed by atoms with Crippen LogP contribution in [0.5, 0.6) is 11.6 Å². The normalized spacial score (nSPS) is 18.4. The van der Waals surface area contributed by atoms with E-state index in [0.29, 0.717) is 30.3 Å². The van der Waals surface area contributed by atoms with Crippen LogP contribution in [-0.2, 0) is 21.4 Å². The van der Waals surface area contributed by atoms with Gasteiger partial charge in [-0.05, 0) is 49.1 Å². The number of nitrogens with zero attached hydrogens (tertiary/aromatic N) is 4. The Bertz CT molecular complexity index is 1320. The molecule has 172 valence electrons. The number of nitrogens with one attached hydrogen (secondary N) is 1. The lowest BCUT2D eigenvalue weighted by molar-refractivity contribution is -0.118. The molecule has 0 saturated carbocycles. The van der Waals surface area contributed by atoms with Gasteiger partial charge in [0.15, 0.2) is 5.12 Å². The van der Waals surface area contributed by atoms with E-state index in [-0.39, 0.29) is 16.4 Å². The summed E-state index contributed by atoms with van der Waals surface area (Å²) < 4.78 is 6.06. The van der Waals surface area contributed by atoms with Crippen molar-refractivity contribution >= 4 is 34.4 Å². The molecule has 3 aromatic rings. The Hall–Kier alpha value is -3.46. The van der Waals surface area contributed by atoms with Gasteiger partial charge in [-0.25, -0.2) is 15.0 Å². The van der Waals surface area contributed by atoms with E-state index >= 15 is 0 Å². The molecule has 0 aliphatic carbocycles. The van der Waals surface area contributed by atoms with Gasteiger partial charge < -0.3 is 15.0 Å². The second-order valence-corrected chi connectivity index (χ2v) is 10.2. The first-order valence-electron chi connectivity index (χ1n) is 11.3. The van der Waals surface area contributed by atoms with Crippen LogP contribution in [0, 0.1) is 6.92 Å². The van der Waals surface area contributed by atoms with Crippen molar-refractivity contribution in [2.45, 2.75) is 42.9 Å². The fraction of sp³-hybridized carbons (Fsp3) is 0.320. The number of rotatable bonds is 3. The SMILES string of the molecule is Cc1cc(Oc2cc(N3CCC4(CC3)CC(=O)Nc3ncccc34)ncn2)cc2c1CC(=O)S2. The Balaban J connectivity index is 1.20. The van der Waals surface area contributed by atoms with Gasteiger partial charge in [-0.3, -0.25) is 9.59 Å². The number of anilines is 2. The first-order chi connectivity index (χ1) is 16.5. The predicted octanol–water partition coefficient (Wildman–Crippen LogP) is 4.03. The zero-order chi connectivity index (χ0) is 23.3. The van der Waals surface area contributed by atoms with E-state index in [1.807, 2.05) is 31.2 Å². The van der Waals surface area contributed by atoms with Crippen LogP contribution in [-0.4, -0.2) is 39.1 Å². The monoisotopic (exact) mass is 473 g/mol. The summed E-state index contributed by atoms with van der Waals surface area (Å²) in [5.41, 5.74) is 3.07. The van der Waals surface area contributed by atoms with Crippen molar-refractivity contribution < 1.29 is 14.3 Å². The number of aryl methyl sites for hydroxylation is 1. The summed E-state index contributed by atoms with van der Waals surface area (Å²) in [6.07, 6.45) is 5.87. The molecule has 5 heterocycles. The average Bonchev–Trinajstić information content (AvgIpc) is 3.20. The third-order valence-corrected chi connectivity index (χ3v) is 7.94. The molecule has 0 bridgehead atoms. The number of thioether (sulfide) groups is 1. The van der Waals surface area contributed by atoms with Crippen LogP contribution >= 0.6 is 11.8 Å². The van der Waals surface area contributed by atoms with Crippen LogP contribution in [0.25, 0.3) is 0 Å². The number of aromatic nitrogens is 3. The van der Waals surface area contributed by atoms with Gasteiger partial charge in [0, 0.05) is 54.1 Å². The summed E-state index contributed by atoms with van der Waals surface area (Å²) in [5.74, 6) is 2.65. The number of ether oxygens (including phenoxy) is 1. The van der Waals surface area contributed by atoms with Gasteiger partial charge in [0.1, 0.15) is 23.7 Å². The van der Waals surface area contributed by atoms with Crippen LogP contribution in [0.3, 0.4) is 0 Å². The zero-order valence-electron chi connectivity index (χ0n) is 18.7. The highest BCUT2D eigenvalue weighted by Gasteiger charge is 2.43. The maximum atomic E-state index is 12.4. The van der Waals surface area contributed by atoms with Crippen LogP contribution in [0.2, 0.25) is 0 Å². The number of fused-ring (bicyclic) bond motifs is 3. The molecule has 9 heteroatoms. The van der Waals surface area contributed by atoms with Gasteiger partial charge in [0.25, 0.3) is 0 Å². The molecule has 1 fully saturated rings. The maximum Gasteiger partial charge on any atom is 0.226 e. The summed E-state index contributed by atoms with van der Waals surface area (Å²) in [7, 11) is 0. The number of hydrogen-bond acceptors (Lipinski definition) is 8. The molecule has 3 aliphatic rings. The van der Waals surface area contributed by atoms with Crippen molar-refractivity contribution in [1.82, 2.24) is 15.0 Å². The molecular formula is C25H23N5O3S. The van der Waals surface area contributed by atoms with Crippen LogP contribution in [0.4, 0.5) is 11.6 Å². The van der Waals surface area contributed by atoms with E-state index in [9.17, 15) is 9.59 Å². The van der Waals surface area contributed by atoms with Gasteiger partial charge in [-0.2, -0.15) is 0 Å². The Morgan fingerprint density at radius 3 is 2.82 bits per heavy atom. The van der Waals surface area contributed by atoms with Crippen molar-refractivity contribution in [3.63, 3.8) is 0 Å². The average molecular weight is 474 g/mol. The second kappa shape index (κ2) is 8.09. The second-order valence-electron chi connectivity index (χ2n) is 9.08. The summed E-state index contributed by atoms with van der Waals surface area (Å²) in [6, 6.07) is 9.72. The van der Waals surface area contributed by atoms with Gasteiger partial charge in [-0.15, -0.1) is 0 Å². The highest BCUT2D eigenvalue weighted by atomic mass is 32.2. The minimum atomic E-state index is -0.189. The first kappa shape index (κ1) is 21.1. The van der Waals surface area contributed by atoms with Crippen molar-refractivity contribution in [2.75, 3.05) is 23.3 Å². The molecule has 0 radical (unpaired) electrons. The van der Waals surface area contributed by atoms with Crippen LogP contribution < -0.4 is 15.0 Å². The maximum absolute atomic E-state index is 12.4. The summed E-state index contributed by atoms with van der Waals surface area (Å²) in [4.78, 5) is 40.5. The molecule has 1 N–H and O–H groups in total. The number of amides is 1. The van der Waals surface area contributed by atoms with Crippen molar-refractivity contribution in [3.8, 4) is 11.6 Å². The third-order valence-electron chi connectivity index (χ3n) is 6.98. The molecule has 8 nitrogen and oxygen atoms in total. The first-order valence-corrected chi connectivity index (χ1v) is 12.2. The molecule has 2 aromatic heterocycles. The lowest BCUT2D eigenvalue weighted by atomic mass is 9.69. The topological polar surface area (TPSA) is 97.3 Å². The molecule has 1 amide bonds. The summed E-state index contributed by atoms with van der Waals surface area (Å²) in [5, 5.41) is 3.07. The van der Waals surface area contributed by atoms with Gasteiger partial charge >= 0.3 is 0 Å². The molecule has 3 aliphatic heterocycles. The van der Waals surface area contributed by atoms with Gasteiger partial charge in [0.05, 0.1) is 0 Å². The zero-order valence-corrected chi connectivity index (χ0v) is 19.5. The van der Waals surface area contributed by atoms with E-state index < -0.39 is 0 Å². The molecule has 34 heavy (non-hydrogen) atoms. The van der Waals surface area contributed by atoms with E-state index in [2.05, 4.69) is 31.2 Å². The highest BCUT2D eigenvalue weighted by molar-refractivity contribution is 8.14. The fourth-order valence-corrected chi connectivity index (χ4v) is 6.23. The van der Waals surface area contributed by atoms with Gasteiger partial charge in [0.2, 0.25) is 11.8 Å². The fourth-order valence-electron chi connectivity index (χ4n) is 5.23. The van der Waals surface area contributed by atoms with Crippen molar-refractivity contribution in [1.29, 1.82) is 0 Å². The number of benzene rings is 1. The molecule has 6 rings (SSSR count). The predicted molar refractivity (Wildman–Crippen MR) is 128 cm³/mol. The Labute approximate surface area is 201 Å². The smallest absolute Gasteiger partial charge is 0.226 e. The largest absolute Gasteiger partial charge is 0.439 e. The third kappa shape index (κ3) is 3.69. The number of carbonyl (C=O) groups is 2. The minimum Gasteiger partial charge on any atom is -0.439 e. The van der Waals surface area contributed by atoms with E-state index in [1.165, 1.54) is 18.1 Å². The number of hydrogen-bond donors (Lipinski definition) is 1. The molecule has 0 unspecified atom stereocenters. The minimum absolute atomic E-state index is 0.0295. The Kier molecular flexibility index (Phi) is 5.02. The van der Waals surface area contributed by atoms with E-state index in [1.54, 1.807) is 6.20 Å². The Morgan fingerprint density at radius 1 is 1.12 bits per heavy atom. The molecule has 1 saturated heterocycles. The summed E-state index contributed by atoms with van der Waals surface area (Å²) >= 11 is 1.27. The number of piperidine rings is 1. The van der Waals surface area contributed by atoms with Crippen LogP contribution in [0.1, 0.15) is 36.0 Å². The lowest BCUT2D eigenvalue weighted by Gasteiger charge is -2.44. The van der Waals surface area contributed by atoms with E-state index in [4.69, 9.17) is 4.74 Å². The highest BCUT2D eigenvalue weighted by Crippen LogP contribution is 2.45. The molecule has 1 spiro atoms. The number of pyridine rings is 1. The van der Waals surface area contributed by atoms with Crippen LogP contribution in [0.15, 0.2) is 47.8 Å². The summed E-state index contributed by atoms with van der Waals surface area (Å²) in [6.45, 7) is 3.54. The van der Waals surface area contributed by atoms with Gasteiger partial charge in [-0.1, -0.05) is 17.8 Å². The van der Waals surface area contributed by atoms with Crippen molar-refractivity contribution in [2.24, 2.45) is 0 Å². The van der Waals surface area contributed by atoms with E-state index in [0.717, 1.165) is 53.3 Å². The molecule has 0 atom stereocenters. The molecular weight excluding hydrogens is 450 g/mol. The quantitative estimate of drug-likeness (QED) is 0.609. The molecule has 1 aromatic carbocycles. The lowest BCUT2D eigenvalue weighted by Crippen LogP contribution is -2.47. The number of carbonyl (C=O) groups excluding carboxylic acids is 2. The Morgan fingerprint density at radius 2 is 1.97 bits per heavy atom.